The second kappa shape index (κ2) is 17.3. The number of β-lactam (4-membered cyclic amide) rings is 1. The standard InChI is InChI=1S/C40H38N5O14P/c1-25(41-32(46)23-42(3)39(50)56-24-27-16-20-29(21-17-27)45(53)54)33-35-40(2,22-26-14-18-28(19-15-26)44(51)52)36(34(38(48)49)43(35)37(33)47)59-60(55,57-30-10-6-4-7-11-30)58-31-12-8-5-9-13-31/h4-21,25,33,35H,22-24H2,1-3H3,(H,41,46)(H,48,49)/t25-,33-,35-,40-/m1/s1. The minimum atomic E-state index is -4.86. The number of fused-ring (bicyclic) bond motifs is 1. The molecule has 60 heavy (non-hydrogen) atoms. The summed E-state index contributed by atoms with van der Waals surface area (Å²) in [6, 6.07) is 24.5. The van der Waals surface area contributed by atoms with E-state index in [1.165, 1.54) is 86.8 Å². The highest BCUT2D eigenvalue weighted by Crippen LogP contribution is 2.62. The number of hydrogen-bond donors (Lipinski definition) is 2. The van der Waals surface area contributed by atoms with E-state index in [-0.39, 0.29) is 35.9 Å². The molecule has 6 rings (SSSR count). The third kappa shape index (κ3) is 9.05. The van der Waals surface area contributed by atoms with Crippen molar-refractivity contribution in [3.05, 3.63) is 152 Å². The Kier molecular flexibility index (Phi) is 12.2. The number of phosphoric acid groups is 1. The van der Waals surface area contributed by atoms with Crippen molar-refractivity contribution in [1.82, 2.24) is 15.1 Å². The van der Waals surface area contributed by atoms with Gasteiger partial charge < -0.3 is 33.6 Å². The summed E-state index contributed by atoms with van der Waals surface area (Å²) in [5.74, 6) is -4.44. The Balaban J connectivity index is 1.27. The molecule has 2 heterocycles. The van der Waals surface area contributed by atoms with Gasteiger partial charge in [0.15, 0.2) is 5.70 Å². The van der Waals surface area contributed by atoms with E-state index in [1.54, 1.807) is 43.3 Å². The lowest BCUT2D eigenvalue weighted by Crippen LogP contribution is -2.68. The molecule has 312 valence electrons. The molecule has 0 bridgehead atoms. The van der Waals surface area contributed by atoms with Crippen LogP contribution < -0.4 is 14.4 Å². The highest BCUT2D eigenvalue weighted by atomic mass is 31.2. The van der Waals surface area contributed by atoms with Crippen molar-refractivity contribution in [1.29, 1.82) is 0 Å². The van der Waals surface area contributed by atoms with Crippen molar-refractivity contribution in [3.8, 4) is 11.5 Å². The van der Waals surface area contributed by atoms with Crippen LogP contribution in [0.4, 0.5) is 16.2 Å². The Bertz CT molecular complexity index is 2340. The van der Waals surface area contributed by atoms with Crippen LogP contribution in [0, 0.1) is 31.6 Å². The first-order valence-electron chi connectivity index (χ1n) is 18.2. The maximum absolute atomic E-state index is 14.7. The number of nitrogens with one attached hydrogen (secondary N) is 1. The highest BCUT2D eigenvalue weighted by Gasteiger charge is 2.68. The summed E-state index contributed by atoms with van der Waals surface area (Å²) in [5.41, 5.74) is -1.61. The molecule has 4 aromatic rings. The summed E-state index contributed by atoms with van der Waals surface area (Å²) in [4.78, 5) is 76.3. The van der Waals surface area contributed by atoms with Crippen LogP contribution in [0.2, 0.25) is 0 Å². The van der Waals surface area contributed by atoms with Crippen molar-refractivity contribution in [2.24, 2.45) is 11.3 Å². The van der Waals surface area contributed by atoms with Gasteiger partial charge in [0.1, 0.15) is 30.4 Å². The van der Waals surface area contributed by atoms with Crippen molar-refractivity contribution < 1.29 is 57.0 Å². The van der Waals surface area contributed by atoms with Gasteiger partial charge in [-0.2, -0.15) is 4.57 Å². The normalized spacial score (nSPS) is 18.6. The summed E-state index contributed by atoms with van der Waals surface area (Å²) in [7, 11) is -3.56. The Morgan fingerprint density at radius 1 is 0.850 bits per heavy atom. The van der Waals surface area contributed by atoms with E-state index in [4.69, 9.17) is 18.3 Å². The quantitative estimate of drug-likeness (QED) is 0.0517. The molecule has 4 aromatic carbocycles. The van der Waals surface area contributed by atoms with E-state index in [2.05, 4.69) is 5.32 Å². The zero-order valence-electron chi connectivity index (χ0n) is 32.2. The fourth-order valence-corrected chi connectivity index (χ4v) is 8.55. The molecule has 1 fully saturated rings. The lowest BCUT2D eigenvalue weighted by atomic mass is 9.66. The molecular formula is C40H38N5O14P. The average molecular weight is 844 g/mol. The van der Waals surface area contributed by atoms with Crippen LogP contribution in [-0.2, 0) is 41.2 Å². The summed E-state index contributed by atoms with van der Waals surface area (Å²) >= 11 is 0. The SMILES string of the molecule is C[C@@H](NC(=O)CN(C)C(=O)OCc1ccc([N+](=O)[O-])cc1)[C@H]1C(=O)N2C(C(=O)O)=C(OP(=O)(Oc3ccccc3)Oc3ccccc3)[C@](C)(Cc3ccc([N+](=O)[O-])cc3)[C@@H]12. The van der Waals surface area contributed by atoms with Crippen molar-refractivity contribution in [2.45, 2.75) is 39.0 Å². The Morgan fingerprint density at radius 2 is 1.35 bits per heavy atom. The van der Waals surface area contributed by atoms with E-state index in [0.29, 0.717) is 11.1 Å². The lowest BCUT2D eigenvalue weighted by Gasteiger charge is -2.51. The Morgan fingerprint density at radius 3 is 1.83 bits per heavy atom. The van der Waals surface area contributed by atoms with Gasteiger partial charge in [-0.25, -0.2) is 9.59 Å². The molecule has 0 aromatic heterocycles. The molecule has 20 heteroatoms. The smallest absolute Gasteiger partial charge is 0.476 e. The van der Waals surface area contributed by atoms with Gasteiger partial charge in [-0.1, -0.05) is 55.5 Å². The van der Waals surface area contributed by atoms with Gasteiger partial charge >= 0.3 is 19.9 Å². The summed E-state index contributed by atoms with van der Waals surface area (Å²) in [6.07, 6.45) is -0.992. The number of carboxylic acids is 1. The van der Waals surface area contributed by atoms with Gasteiger partial charge in [0.2, 0.25) is 11.8 Å². The van der Waals surface area contributed by atoms with Crippen LogP contribution in [0.3, 0.4) is 0 Å². The first-order chi connectivity index (χ1) is 28.5. The molecule has 3 amide bonds. The van der Waals surface area contributed by atoms with E-state index < -0.39 is 83.0 Å². The van der Waals surface area contributed by atoms with Crippen molar-refractivity contribution in [2.75, 3.05) is 13.6 Å². The third-order valence-corrected chi connectivity index (χ3v) is 11.2. The largest absolute Gasteiger partial charge is 0.646 e. The predicted molar refractivity (Wildman–Crippen MR) is 210 cm³/mol. The maximum Gasteiger partial charge on any atom is 0.646 e. The number of nitro benzene ring substituents is 2. The second-order valence-electron chi connectivity index (χ2n) is 14.2. The van der Waals surface area contributed by atoms with E-state index in [0.717, 1.165) is 9.80 Å². The van der Waals surface area contributed by atoms with Crippen LogP contribution in [0.5, 0.6) is 11.5 Å². The molecule has 0 saturated carbocycles. The number of aliphatic carboxylic acids is 1. The molecule has 0 radical (unpaired) electrons. The number of rotatable bonds is 17. The third-order valence-electron chi connectivity index (χ3n) is 9.94. The number of nitro groups is 2. The number of nitrogens with zero attached hydrogens (tertiary/aromatic N) is 4. The number of phosphoric ester groups is 1. The van der Waals surface area contributed by atoms with E-state index in [9.17, 15) is 49.1 Å². The monoisotopic (exact) mass is 843 g/mol. The number of amides is 3. The molecule has 0 aliphatic carbocycles. The van der Waals surface area contributed by atoms with Crippen LogP contribution in [0.1, 0.15) is 25.0 Å². The number of likely N-dealkylation sites (N-methyl/N-ethyl adjacent to an activating group) is 1. The molecule has 0 spiro atoms. The van der Waals surface area contributed by atoms with Gasteiger partial charge in [0.05, 0.1) is 27.2 Å². The second-order valence-corrected chi connectivity index (χ2v) is 15.7. The zero-order valence-corrected chi connectivity index (χ0v) is 33.1. The molecule has 2 aliphatic rings. The number of non-ortho nitro benzene ring substituents is 2. The predicted octanol–water partition coefficient (Wildman–Crippen LogP) is 6.24. The molecule has 1 saturated heterocycles. The maximum atomic E-state index is 14.7. The van der Waals surface area contributed by atoms with E-state index >= 15 is 0 Å². The first-order valence-corrected chi connectivity index (χ1v) is 19.7. The van der Waals surface area contributed by atoms with Crippen LogP contribution in [0.25, 0.3) is 0 Å². The number of carbonyl (C=O) groups is 4. The van der Waals surface area contributed by atoms with Gasteiger partial charge in [-0.05, 0) is 60.9 Å². The summed E-state index contributed by atoms with van der Waals surface area (Å²) < 4.78 is 37.8. The summed E-state index contributed by atoms with van der Waals surface area (Å²) in [5, 5.41) is 35.7. The Labute approximate surface area is 342 Å². The van der Waals surface area contributed by atoms with Gasteiger partial charge in [0.25, 0.3) is 11.4 Å². The minimum absolute atomic E-state index is 0.0538. The number of carboxylic acid groups (broad SMARTS) is 1. The van der Waals surface area contributed by atoms with Crippen LogP contribution in [0.15, 0.2) is 121 Å². The van der Waals surface area contributed by atoms with Crippen LogP contribution >= 0.6 is 7.82 Å². The average Bonchev–Trinajstić information content (AvgIpc) is 3.41. The fourth-order valence-electron chi connectivity index (χ4n) is 7.16. The number of carbonyl (C=O) groups excluding carboxylic acids is 3. The van der Waals surface area contributed by atoms with Crippen molar-refractivity contribution in [3.63, 3.8) is 0 Å². The molecule has 0 unspecified atom stereocenters. The van der Waals surface area contributed by atoms with Crippen molar-refractivity contribution >= 4 is 43.1 Å². The number of para-hydroxylation sites is 2. The van der Waals surface area contributed by atoms with Gasteiger partial charge in [-0.3, -0.25) is 34.7 Å². The minimum Gasteiger partial charge on any atom is -0.476 e. The topological polar surface area (TPSA) is 247 Å². The van der Waals surface area contributed by atoms with Crippen LogP contribution in [-0.4, -0.2) is 74.3 Å². The van der Waals surface area contributed by atoms with Gasteiger partial charge in [-0.15, -0.1) is 0 Å². The lowest BCUT2D eigenvalue weighted by molar-refractivity contribution is -0.385. The number of benzene rings is 4. The molecule has 19 nitrogen and oxygen atoms in total. The summed E-state index contributed by atoms with van der Waals surface area (Å²) in [6.45, 7) is 2.36. The molecule has 4 atom stereocenters. The number of ether oxygens (including phenoxy) is 1. The molecule has 2 N–H and O–H groups in total. The first kappa shape index (κ1) is 42.3. The highest BCUT2D eigenvalue weighted by molar-refractivity contribution is 7.49. The van der Waals surface area contributed by atoms with Gasteiger partial charge in [0, 0.05) is 37.4 Å². The zero-order chi connectivity index (χ0) is 43.4. The molecule has 2 aliphatic heterocycles. The Hall–Kier alpha value is -7.27. The van der Waals surface area contributed by atoms with E-state index in [1.807, 2.05) is 0 Å². The molecular weight excluding hydrogens is 805 g/mol. The fraction of sp³-hybridized carbons (Fsp3) is 0.250. The number of hydrogen-bond acceptors (Lipinski definition) is 13.